The van der Waals surface area contributed by atoms with E-state index in [9.17, 15) is 4.79 Å². The van der Waals surface area contributed by atoms with Crippen molar-refractivity contribution >= 4 is 5.97 Å². The van der Waals surface area contributed by atoms with Crippen LogP contribution in [0.25, 0.3) is 0 Å². The summed E-state index contributed by atoms with van der Waals surface area (Å²) in [4.78, 5) is 11.6. The average Bonchev–Trinajstić information content (AvgIpc) is 2.37. The molecular formula is C18H30O2. The van der Waals surface area contributed by atoms with E-state index in [1.165, 1.54) is 32.1 Å². The molecule has 0 saturated heterocycles. The third-order valence-corrected chi connectivity index (χ3v) is 5.67. The van der Waals surface area contributed by atoms with Gasteiger partial charge in [0.05, 0.1) is 0 Å². The molecule has 2 nitrogen and oxygen atoms in total. The Labute approximate surface area is 124 Å². The van der Waals surface area contributed by atoms with Crippen LogP contribution in [0.4, 0.5) is 0 Å². The molecular weight excluding hydrogens is 248 g/mol. The van der Waals surface area contributed by atoms with Crippen molar-refractivity contribution in [3.05, 3.63) is 11.1 Å². The highest BCUT2D eigenvalue weighted by atomic mass is 16.6. The predicted molar refractivity (Wildman–Crippen MR) is 82.5 cm³/mol. The molecule has 0 N–H and O–H groups in total. The third kappa shape index (κ3) is 2.94. The normalized spacial score (nSPS) is 30.9. The number of esters is 1. The van der Waals surface area contributed by atoms with Crippen molar-refractivity contribution in [3.8, 4) is 0 Å². The Bertz CT molecular complexity index is 419. The summed E-state index contributed by atoms with van der Waals surface area (Å²) in [5, 5.41) is 0. The summed E-state index contributed by atoms with van der Waals surface area (Å²) >= 11 is 0. The van der Waals surface area contributed by atoms with Gasteiger partial charge >= 0.3 is 5.97 Å². The highest BCUT2D eigenvalue weighted by Crippen LogP contribution is 2.53. The molecule has 0 aromatic carbocycles. The van der Waals surface area contributed by atoms with E-state index in [0.29, 0.717) is 17.8 Å². The van der Waals surface area contributed by atoms with Gasteiger partial charge in [0, 0.05) is 12.3 Å². The molecule has 0 amide bonds. The van der Waals surface area contributed by atoms with Gasteiger partial charge in [0.25, 0.3) is 0 Å². The standard InChI is InChI=1S/C18H30O2/c1-6-16(19)20-17(3,4)14-9-11-18(5)10-7-8-13(2)15(18)12-14/h14H,6-12H2,1-5H3/t14-,18+/m1/s1. The molecule has 2 rings (SSSR count). The van der Waals surface area contributed by atoms with Crippen LogP contribution in [0.2, 0.25) is 0 Å². The van der Waals surface area contributed by atoms with Gasteiger partial charge in [0.15, 0.2) is 0 Å². The minimum absolute atomic E-state index is 0.0716. The topological polar surface area (TPSA) is 26.3 Å². The van der Waals surface area contributed by atoms with Gasteiger partial charge in [-0.3, -0.25) is 4.79 Å². The molecule has 0 bridgehead atoms. The Balaban J connectivity index is 2.15. The second-order valence-corrected chi connectivity index (χ2v) is 7.54. The molecule has 2 heteroatoms. The SMILES string of the molecule is CCC(=O)OC(C)(C)[C@@H]1CC[C@]2(C)CCCC(C)=C2C1. The van der Waals surface area contributed by atoms with Crippen LogP contribution in [-0.4, -0.2) is 11.6 Å². The van der Waals surface area contributed by atoms with E-state index in [-0.39, 0.29) is 11.6 Å². The fourth-order valence-electron chi connectivity index (χ4n) is 4.14. The smallest absolute Gasteiger partial charge is 0.306 e. The Morgan fingerprint density at radius 2 is 2.10 bits per heavy atom. The van der Waals surface area contributed by atoms with E-state index >= 15 is 0 Å². The largest absolute Gasteiger partial charge is 0.459 e. The zero-order valence-electron chi connectivity index (χ0n) is 13.8. The van der Waals surface area contributed by atoms with Gasteiger partial charge in [-0.05, 0) is 64.7 Å². The summed E-state index contributed by atoms with van der Waals surface area (Å²) in [5.41, 5.74) is 3.35. The molecule has 2 aliphatic carbocycles. The second-order valence-electron chi connectivity index (χ2n) is 7.54. The number of fused-ring (bicyclic) bond motifs is 1. The van der Waals surface area contributed by atoms with E-state index < -0.39 is 0 Å². The molecule has 0 heterocycles. The van der Waals surface area contributed by atoms with Gasteiger partial charge in [-0.25, -0.2) is 0 Å². The van der Waals surface area contributed by atoms with E-state index in [2.05, 4.69) is 27.7 Å². The minimum atomic E-state index is -0.334. The van der Waals surface area contributed by atoms with Crippen LogP contribution in [-0.2, 0) is 9.53 Å². The van der Waals surface area contributed by atoms with Crippen molar-refractivity contribution in [2.45, 2.75) is 85.2 Å². The third-order valence-electron chi connectivity index (χ3n) is 5.67. The van der Waals surface area contributed by atoms with Crippen molar-refractivity contribution in [3.63, 3.8) is 0 Å². The van der Waals surface area contributed by atoms with Gasteiger partial charge in [0.2, 0.25) is 0 Å². The monoisotopic (exact) mass is 278 g/mol. The lowest BCUT2D eigenvalue weighted by Crippen LogP contribution is -2.42. The van der Waals surface area contributed by atoms with Crippen LogP contribution >= 0.6 is 0 Å². The summed E-state index contributed by atoms with van der Waals surface area (Å²) in [7, 11) is 0. The lowest BCUT2D eigenvalue weighted by Gasteiger charge is -2.47. The van der Waals surface area contributed by atoms with Gasteiger partial charge in [-0.2, -0.15) is 0 Å². The van der Waals surface area contributed by atoms with Crippen LogP contribution in [0.15, 0.2) is 11.1 Å². The highest BCUT2D eigenvalue weighted by molar-refractivity contribution is 5.69. The summed E-state index contributed by atoms with van der Waals surface area (Å²) < 4.78 is 5.71. The molecule has 114 valence electrons. The first kappa shape index (κ1) is 15.6. The van der Waals surface area contributed by atoms with Crippen LogP contribution in [0.3, 0.4) is 0 Å². The maximum Gasteiger partial charge on any atom is 0.306 e. The molecule has 2 atom stereocenters. The maximum absolute atomic E-state index is 11.6. The van der Waals surface area contributed by atoms with E-state index in [1.807, 2.05) is 6.92 Å². The van der Waals surface area contributed by atoms with Crippen LogP contribution < -0.4 is 0 Å². The number of allylic oxidation sites excluding steroid dienone is 2. The second kappa shape index (κ2) is 5.54. The van der Waals surface area contributed by atoms with Crippen molar-refractivity contribution in [2.75, 3.05) is 0 Å². The molecule has 0 aromatic heterocycles. The molecule has 0 aromatic rings. The van der Waals surface area contributed by atoms with Gasteiger partial charge in [-0.1, -0.05) is 25.0 Å². The maximum atomic E-state index is 11.6. The van der Waals surface area contributed by atoms with E-state index in [0.717, 1.165) is 6.42 Å². The summed E-state index contributed by atoms with van der Waals surface area (Å²) in [6, 6.07) is 0. The van der Waals surface area contributed by atoms with Gasteiger partial charge in [0.1, 0.15) is 5.60 Å². The first-order valence-corrected chi connectivity index (χ1v) is 8.19. The van der Waals surface area contributed by atoms with Crippen molar-refractivity contribution in [1.82, 2.24) is 0 Å². The van der Waals surface area contributed by atoms with Gasteiger partial charge in [-0.15, -0.1) is 0 Å². The predicted octanol–water partition coefficient (Wildman–Crippen LogP) is 5.03. The number of carbonyl (C=O) groups excluding carboxylic acids is 1. The van der Waals surface area contributed by atoms with Crippen molar-refractivity contribution in [1.29, 1.82) is 0 Å². The zero-order chi connectivity index (χ0) is 15.0. The molecule has 0 aliphatic heterocycles. The number of rotatable bonds is 3. The van der Waals surface area contributed by atoms with Gasteiger partial charge < -0.3 is 4.74 Å². The van der Waals surface area contributed by atoms with Crippen LogP contribution in [0.1, 0.15) is 79.6 Å². The number of hydrogen-bond acceptors (Lipinski definition) is 2. The fraction of sp³-hybridized carbons (Fsp3) is 0.833. The van der Waals surface area contributed by atoms with Crippen molar-refractivity contribution < 1.29 is 9.53 Å². The first-order valence-electron chi connectivity index (χ1n) is 8.19. The molecule has 0 radical (unpaired) electrons. The Morgan fingerprint density at radius 3 is 2.75 bits per heavy atom. The molecule has 2 aliphatic rings. The summed E-state index contributed by atoms with van der Waals surface area (Å²) in [6.07, 6.45) is 7.94. The van der Waals surface area contributed by atoms with E-state index in [4.69, 9.17) is 4.74 Å². The Morgan fingerprint density at radius 1 is 1.40 bits per heavy atom. The lowest BCUT2D eigenvalue weighted by molar-refractivity contribution is -0.162. The first-order chi connectivity index (χ1) is 9.28. The lowest BCUT2D eigenvalue weighted by atomic mass is 9.59. The number of carbonyl (C=O) groups is 1. The zero-order valence-corrected chi connectivity index (χ0v) is 13.8. The Kier molecular flexibility index (Phi) is 4.32. The number of hydrogen-bond donors (Lipinski definition) is 0. The molecule has 20 heavy (non-hydrogen) atoms. The minimum Gasteiger partial charge on any atom is -0.459 e. The van der Waals surface area contributed by atoms with Crippen LogP contribution in [0.5, 0.6) is 0 Å². The molecule has 1 fully saturated rings. The summed E-state index contributed by atoms with van der Waals surface area (Å²) in [5.74, 6) is 0.395. The quantitative estimate of drug-likeness (QED) is 0.535. The van der Waals surface area contributed by atoms with E-state index in [1.54, 1.807) is 11.1 Å². The van der Waals surface area contributed by atoms with Crippen LogP contribution in [0, 0.1) is 11.3 Å². The molecule has 0 unspecified atom stereocenters. The Hall–Kier alpha value is -0.790. The highest BCUT2D eigenvalue weighted by Gasteiger charge is 2.43. The number of ether oxygens (including phenoxy) is 1. The van der Waals surface area contributed by atoms with Crippen molar-refractivity contribution in [2.24, 2.45) is 11.3 Å². The fourth-order valence-corrected chi connectivity index (χ4v) is 4.14. The average molecular weight is 278 g/mol. The molecule has 1 saturated carbocycles. The summed E-state index contributed by atoms with van der Waals surface area (Å²) in [6.45, 7) is 10.8. The molecule has 0 spiro atoms.